The van der Waals surface area contributed by atoms with Gasteiger partial charge >= 0.3 is 0 Å². The molecule has 1 amide bonds. The standard InChI is InChI=1S/C20H17N3O3/c1-13-2-4-14(5-3-13)20(24)23-16-7-9-19(21-11-16)22-15-6-8-17-18(10-15)26-12-25-17/h2-11H,12H2,1H3,(H,21,22)(H,23,24). The van der Waals surface area contributed by atoms with Gasteiger partial charge in [-0.2, -0.15) is 0 Å². The molecule has 130 valence electrons. The summed E-state index contributed by atoms with van der Waals surface area (Å²) in [4.78, 5) is 16.6. The first-order valence-electron chi connectivity index (χ1n) is 8.18. The van der Waals surface area contributed by atoms with Crippen LogP contribution in [0.15, 0.2) is 60.8 Å². The van der Waals surface area contributed by atoms with E-state index in [2.05, 4.69) is 15.6 Å². The molecule has 4 rings (SSSR count). The third-order valence-corrected chi connectivity index (χ3v) is 3.98. The van der Waals surface area contributed by atoms with Crippen LogP contribution in [0.25, 0.3) is 0 Å². The maximum atomic E-state index is 12.2. The fourth-order valence-electron chi connectivity index (χ4n) is 2.57. The van der Waals surface area contributed by atoms with Crippen LogP contribution in [-0.4, -0.2) is 17.7 Å². The van der Waals surface area contributed by atoms with E-state index in [1.165, 1.54) is 0 Å². The Hall–Kier alpha value is -3.54. The minimum Gasteiger partial charge on any atom is -0.454 e. The summed E-state index contributed by atoms with van der Waals surface area (Å²) in [6, 6.07) is 16.6. The second-order valence-corrected chi connectivity index (χ2v) is 5.95. The number of aryl methyl sites for hydroxylation is 1. The van der Waals surface area contributed by atoms with Crippen molar-refractivity contribution < 1.29 is 14.3 Å². The molecule has 1 aliphatic rings. The van der Waals surface area contributed by atoms with E-state index in [1.807, 2.05) is 37.3 Å². The van der Waals surface area contributed by atoms with Gasteiger partial charge in [-0.25, -0.2) is 4.98 Å². The van der Waals surface area contributed by atoms with Gasteiger partial charge in [0, 0.05) is 17.3 Å². The number of carbonyl (C=O) groups excluding carboxylic acids is 1. The molecule has 0 bridgehead atoms. The zero-order chi connectivity index (χ0) is 17.9. The number of amides is 1. The zero-order valence-electron chi connectivity index (χ0n) is 14.2. The van der Waals surface area contributed by atoms with Gasteiger partial charge in [0.25, 0.3) is 5.91 Å². The van der Waals surface area contributed by atoms with Crippen molar-refractivity contribution in [3.63, 3.8) is 0 Å². The second kappa shape index (κ2) is 6.76. The number of nitrogens with one attached hydrogen (secondary N) is 2. The number of fused-ring (bicyclic) bond motifs is 1. The average molecular weight is 347 g/mol. The summed E-state index contributed by atoms with van der Waals surface area (Å²) in [5.41, 5.74) is 3.20. The van der Waals surface area contributed by atoms with E-state index in [9.17, 15) is 4.79 Å². The highest BCUT2D eigenvalue weighted by Crippen LogP contribution is 2.34. The van der Waals surface area contributed by atoms with E-state index < -0.39 is 0 Å². The highest BCUT2D eigenvalue weighted by molar-refractivity contribution is 6.04. The highest BCUT2D eigenvalue weighted by atomic mass is 16.7. The Kier molecular flexibility index (Phi) is 4.15. The topological polar surface area (TPSA) is 72.5 Å². The largest absolute Gasteiger partial charge is 0.454 e. The Balaban J connectivity index is 1.42. The van der Waals surface area contributed by atoms with Gasteiger partial charge in [0.15, 0.2) is 11.5 Å². The number of rotatable bonds is 4. The SMILES string of the molecule is Cc1ccc(C(=O)Nc2ccc(Nc3ccc4c(c3)OCO4)nc2)cc1. The molecule has 1 aliphatic heterocycles. The number of pyridine rings is 1. The maximum absolute atomic E-state index is 12.2. The molecular weight excluding hydrogens is 330 g/mol. The van der Waals surface area contributed by atoms with E-state index in [0.717, 1.165) is 17.0 Å². The van der Waals surface area contributed by atoms with Gasteiger partial charge in [0.1, 0.15) is 5.82 Å². The van der Waals surface area contributed by atoms with Crippen molar-refractivity contribution in [1.82, 2.24) is 4.98 Å². The Labute approximate surface area is 150 Å². The van der Waals surface area contributed by atoms with Crippen molar-refractivity contribution in [2.75, 3.05) is 17.4 Å². The minimum atomic E-state index is -0.164. The minimum absolute atomic E-state index is 0.164. The van der Waals surface area contributed by atoms with Crippen molar-refractivity contribution in [3.8, 4) is 11.5 Å². The van der Waals surface area contributed by atoms with Gasteiger partial charge < -0.3 is 20.1 Å². The molecule has 0 unspecified atom stereocenters. The van der Waals surface area contributed by atoms with Crippen LogP contribution in [0.3, 0.4) is 0 Å². The number of benzene rings is 2. The zero-order valence-corrected chi connectivity index (χ0v) is 14.2. The smallest absolute Gasteiger partial charge is 0.255 e. The van der Waals surface area contributed by atoms with E-state index in [0.29, 0.717) is 22.8 Å². The Morgan fingerprint density at radius 1 is 0.962 bits per heavy atom. The van der Waals surface area contributed by atoms with Crippen molar-refractivity contribution in [2.24, 2.45) is 0 Å². The number of ether oxygens (including phenoxy) is 2. The van der Waals surface area contributed by atoms with Gasteiger partial charge in [-0.05, 0) is 43.3 Å². The van der Waals surface area contributed by atoms with Gasteiger partial charge in [-0.15, -0.1) is 0 Å². The molecule has 0 saturated heterocycles. The normalized spacial score (nSPS) is 11.9. The molecule has 26 heavy (non-hydrogen) atoms. The van der Waals surface area contributed by atoms with Gasteiger partial charge in [0.05, 0.1) is 11.9 Å². The summed E-state index contributed by atoms with van der Waals surface area (Å²) in [5, 5.41) is 6.03. The monoisotopic (exact) mass is 347 g/mol. The molecule has 0 radical (unpaired) electrons. The van der Waals surface area contributed by atoms with Crippen LogP contribution >= 0.6 is 0 Å². The van der Waals surface area contributed by atoms with Gasteiger partial charge in [0.2, 0.25) is 6.79 Å². The molecule has 6 nitrogen and oxygen atoms in total. The predicted molar refractivity (Wildman–Crippen MR) is 99.2 cm³/mol. The number of hydrogen-bond acceptors (Lipinski definition) is 5. The van der Waals surface area contributed by atoms with Crippen molar-refractivity contribution in [2.45, 2.75) is 6.92 Å². The Morgan fingerprint density at radius 2 is 1.73 bits per heavy atom. The summed E-state index contributed by atoms with van der Waals surface area (Å²) < 4.78 is 10.7. The molecule has 0 fully saturated rings. The Bertz CT molecular complexity index is 938. The molecule has 2 N–H and O–H groups in total. The van der Waals surface area contributed by atoms with Gasteiger partial charge in [-0.1, -0.05) is 17.7 Å². The van der Waals surface area contributed by atoms with Gasteiger partial charge in [-0.3, -0.25) is 4.79 Å². The van der Waals surface area contributed by atoms with E-state index in [1.54, 1.807) is 30.5 Å². The number of hydrogen-bond donors (Lipinski definition) is 2. The molecule has 1 aromatic heterocycles. The molecule has 0 saturated carbocycles. The summed E-state index contributed by atoms with van der Waals surface area (Å²) in [6.07, 6.45) is 1.61. The molecule has 0 spiro atoms. The molecule has 0 aliphatic carbocycles. The number of nitrogens with zero attached hydrogens (tertiary/aromatic N) is 1. The predicted octanol–water partition coefficient (Wildman–Crippen LogP) is 4.11. The summed E-state index contributed by atoms with van der Waals surface area (Å²) in [6.45, 7) is 2.23. The van der Waals surface area contributed by atoms with E-state index in [4.69, 9.17) is 9.47 Å². The molecule has 2 heterocycles. The summed E-state index contributed by atoms with van der Waals surface area (Å²) in [7, 11) is 0. The van der Waals surface area contributed by atoms with Crippen molar-refractivity contribution >= 4 is 23.1 Å². The van der Waals surface area contributed by atoms with Crippen LogP contribution in [0.4, 0.5) is 17.2 Å². The van der Waals surface area contributed by atoms with Crippen LogP contribution in [0.2, 0.25) is 0 Å². The first-order valence-corrected chi connectivity index (χ1v) is 8.18. The fraction of sp³-hybridized carbons (Fsp3) is 0.100. The van der Waals surface area contributed by atoms with E-state index >= 15 is 0 Å². The maximum Gasteiger partial charge on any atom is 0.255 e. The van der Waals surface area contributed by atoms with Crippen LogP contribution in [0.1, 0.15) is 15.9 Å². The van der Waals surface area contributed by atoms with Crippen LogP contribution in [0, 0.1) is 6.92 Å². The number of aromatic nitrogens is 1. The lowest BCUT2D eigenvalue weighted by atomic mass is 10.1. The third-order valence-electron chi connectivity index (χ3n) is 3.98. The van der Waals surface area contributed by atoms with Crippen molar-refractivity contribution in [3.05, 3.63) is 71.9 Å². The summed E-state index contributed by atoms with van der Waals surface area (Å²) >= 11 is 0. The van der Waals surface area contributed by atoms with Crippen LogP contribution in [-0.2, 0) is 0 Å². The molecule has 6 heteroatoms. The Morgan fingerprint density at radius 3 is 2.50 bits per heavy atom. The van der Waals surface area contributed by atoms with E-state index in [-0.39, 0.29) is 12.7 Å². The number of carbonyl (C=O) groups is 1. The quantitative estimate of drug-likeness (QED) is 0.743. The lowest BCUT2D eigenvalue weighted by Gasteiger charge is -2.08. The third kappa shape index (κ3) is 3.44. The first kappa shape index (κ1) is 16.0. The average Bonchev–Trinajstić information content (AvgIpc) is 3.12. The second-order valence-electron chi connectivity index (χ2n) is 5.95. The lowest BCUT2D eigenvalue weighted by Crippen LogP contribution is -2.12. The molecule has 2 aromatic carbocycles. The molecular formula is C20H17N3O3. The molecule has 0 atom stereocenters. The molecule has 3 aromatic rings. The highest BCUT2D eigenvalue weighted by Gasteiger charge is 2.13. The number of anilines is 3. The van der Waals surface area contributed by atoms with Crippen LogP contribution < -0.4 is 20.1 Å². The van der Waals surface area contributed by atoms with Crippen LogP contribution in [0.5, 0.6) is 11.5 Å². The lowest BCUT2D eigenvalue weighted by molar-refractivity contribution is 0.102. The first-order chi connectivity index (χ1) is 12.7. The van der Waals surface area contributed by atoms with Crippen molar-refractivity contribution in [1.29, 1.82) is 0 Å². The fourth-order valence-corrected chi connectivity index (χ4v) is 2.57. The summed E-state index contributed by atoms with van der Waals surface area (Å²) in [5.74, 6) is 1.94.